The Labute approximate surface area is 222 Å². The molecule has 0 N–H and O–H groups in total. The molecule has 1 amide bonds. The molecular weight excluding hydrogens is 472 g/mol. The Balaban J connectivity index is 0.00000223. The normalized spacial score (nSPS) is 13.3. The Hall–Kier alpha value is -2.80. The first kappa shape index (κ1) is 32.2. The summed E-state index contributed by atoms with van der Waals surface area (Å²) in [5.74, 6) is -1.05. The minimum absolute atomic E-state index is 0. The largest absolute Gasteiger partial charge is 0.367 e. The van der Waals surface area contributed by atoms with Crippen LogP contribution in [0.4, 0.5) is 20.2 Å². The van der Waals surface area contributed by atoms with Crippen LogP contribution in [0, 0.1) is 11.6 Å². The second-order valence-electron chi connectivity index (χ2n) is 8.95. The van der Waals surface area contributed by atoms with Gasteiger partial charge in [0.05, 0.1) is 5.69 Å². The molecule has 0 unspecified atom stereocenters. The fourth-order valence-corrected chi connectivity index (χ4v) is 4.54. The van der Waals surface area contributed by atoms with Crippen LogP contribution >= 0.6 is 0 Å². The SMILES string of the molecule is C.CC.CCCc1cc(C(C)=O)ccc1N(CCCCN1CCN(c2ccc(F)cc2F)CC1)C(C)=O. The lowest BCUT2D eigenvalue weighted by molar-refractivity contribution is -0.116. The maximum atomic E-state index is 14.1. The number of ketones is 1. The number of aryl methyl sites for hydroxylation is 1. The fourth-order valence-electron chi connectivity index (χ4n) is 4.54. The third kappa shape index (κ3) is 9.22. The molecule has 3 rings (SSSR count). The first-order chi connectivity index (χ1) is 17.3. The van der Waals surface area contributed by atoms with Gasteiger partial charge < -0.3 is 9.80 Å². The van der Waals surface area contributed by atoms with Crippen molar-refractivity contribution in [3.05, 3.63) is 59.2 Å². The van der Waals surface area contributed by atoms with Gasteiger partial charge in [-0.3, -0.25) is 14.5 Å². The number of halogens is 2. The summed E-state index contributed by atoms with van der Waals surface area (Å²) in [5.41, 5.74) is 3.07. The quantitative estimate of drug-likeness (QED) is 0.259. The van der Waals surface area contributed by atoms with Crippen molar-refractivity contribution in [2.75, 3.05) is 49.1 Å². The molecule has 7 heteroatoms. The molecule has 0 bridgehead atoms. The maximum Gasteiger partial charge on any atom is 0.223 e. The summed E-state index contributed by atoms with van der Waals surface area (Å²) >= 11 is 0. The van der Waals surface area contributed by atoms with Crippen molar-refractivity contribution in [2.24, 2.45) is 0 Å². The van der Waals surface area contributed by atoms with Crippen molar-refractivity contribution in [3.8, 4) is 0 Å². The number of piperazine rings is 1. The Bertz CT molecular complexity index is 1000. The molecule has 0 atom stereocenters. The van der Waals surface area contributed by atoms with Gasteiger partial charge in [0.1, 0.15) is 11.6 Å². The average molecular weight is 518 g/mol. The molecule has 5 nitrogen and oxygen atoms in total. The van der Waals surface area contributed by atoms with E-state index < -0.39 is 11.6 Å². The number of carbonyl (C=O) groups excluding carboxylic acids is 2. The number of Topliss-reactive ketones (excluding diaryl/α,β-unsaturated/α-hetero) is 1. The van der Waals surface area contributed by atoms with Crippen LogP contribution in [0.25, 0.3) is 0 Å². The smallest absolute Gasteiger partial charge is 0.223 e. The standard InChI is InChI=1S/C27H35F2N3O2.C2H6.CH4/c1-4-7-23-18-22(20(2)33)8-10-26(23)32(21(3)34)13-6-5-12-30-14-16-31(17-15-30)27-11-9-24(28)19-25(27)29;1-2;/h8-11,18-19H,4-7,12-17H2,1-3H3;1-2H3;1H4. The molecule has 1 aliphatic rings. The van der Waals surface area contributed by atoms with Crippen LogP contribution in [-0.2, 0) is 11.2 Å². The van der Waals surface area contributed by atoms with Gasteiger partial charge in [-0.1, -0.05) is 34.6 Å². The van der Waals surface area contributed by atoms with E-state index in [1.165, 1.54) is 12.1 Å². The predicted octanol–water partition coefficient (Wildman–Crippen LogP) is 6.74. The fraction of sp³-hybridized carbons (Fsp3) is 0.533. The number of hydrogen-bond acceptors (Lipinski definition) is 4. The van der Waals surface area contributed by atoms with Crippen molar-refractivity contribution in [3.63, 3.8) is 0 Å². The van der Waals surface area contributed by atoms with Gasteiger partial charge in [0.15, 0.2) is 5.78 Å². The van der Waals surface area contributed by atoms with E-state index in [1.807, 2.05) is 35.8 Å². The van der Waals surface area contributed by atoms with Gasteiger partial charge in [-0.2, -0.15) is 0 Å². The van der Waals surface area contributed by atoms with Gasteiger partial charge in [-0.25, -0.2) is 8.78 Å². The summed E-state index contributed by atoms with van der Waals surface area (Å²) in [5, 5.41) is 0. The van der Waals surface area contributed by atoms with Crippen molar-refractivity contribution in [1.29, 1.82) is 0 Å². The molecule has 1 fully saturated rings. The molecule has 206 valence electrons. The number of amides is 1. The molecule has 0 spiro atoms. The Morgan fingerprint density at radius 1 is 0.946 bits per heavy atom. The van der Waals surface area contributed by atoms with E-state index in [9.17, 15) is 18.4 Å². The van der Waals surface area contributed by atoms with Crippen LogP contribution in [0.15, 0.2) is 36.4 Å². The van der Waals surface area contributed by atoms with Crippen LogP contribution in [0.3, 0.4) is 0 Å². The van der Waals surface area contributed by atoms with Crippen LogP contribution < -0.4 is 9.80 Å². The van der Waals surface area contributed by atoms with E-state index >= 15 is 0 Å². The van der Waals surface area contributed by atoms with Crippen molar-refractivity contribution < 1.29 is 18.4 Å². The van der Waals surface area contributed by atoms with Crippen molar-refractivity contribution in [1.82, 2.24) is 4.90 Å². The van der Waals surface area contributed by atoms with Crippen LogP contribution in [0.2, 0.25) is 0 Å². The molecule has 1 aliphatic heterocycles. The number of carbonyl (C=O) groups is 2. The van der Waals surface area contributed by atoms with Gasteiger partial charge in [0.25, 0.3) is 0 Å². The molecule has 2 aromatic rings. The van der Waals surface area contributed by atoms with Gasteiger partial charge in [-0.05, 0) is 68.6 Å². The molecule has 0 saturated carbocycles. The van der Waals surface area contributed by atoms with E-state index in [0.717, 1.165) is 62.6 Å². The first-order valence-electron chi connectivity index (χ1n) is 13.1. The lowest BCUT2D eigenvalue weighted by atomic mass is 10.0. The topological polar surface area (TPSA) is 43.9 Å². The predicted molar refractivity (Wildman–Crippen MR) is 151 cm³/mol. The first-order valence-corrected chi connectivity index (χ1v) is 13.1. The third-order valence-corrected chi connectivity index (χ3v) is 6.41. The monoisotopic (exact) mass is 517 g/mol. The zero-order chi connectivity index (χ0) is 26.7. The zero-order valence-electron chi connectivity index (χ0n) is 22.4. The van der Waals surface area contributed by atoms with Gasteiger partial charge in [0.2, 0.25) is 5.91 Å². The van der Waals surface area contributed by atoms with E-state index in [4.69, 9.17) is 0 Å². The second kappa shape index (κ2) is 16.1. The molecule has 37 heavy (non-hydrogen) atoms. The highest BCUT2D eigenvalue weighted by atomic mass is 19.1. The van der Waals surface area contributed by atoms with E-state index in [2.05, 4.69) is 11.8 Å². The van der Waals surface area contributed by atoms with E-state index in [-0.39, 0.29) is 19.1 Å². The molecule has 1 heterocycles. The molecule has 1 saturated heterocycles. The summed E-state index contributed by atoms with van der Waals surface area (Å²) < 4.78 is 27.2. The number of hydrogen-bond donors (Lipinski definition) is 0. The summed E-state index contributed by atoms with van der Waals surface area (Å²) in [4.78, 5) is 30.3. The van der Waals surface area contributed by atoms with Crippen molar-refractivity contribution in [2.45, 2.75) is 67.7 Å². The molecule has 2 aromatic carbocycles. The van der Waals surface area contributed by atoms with E-state index in [0.29, 0.717) is 30.9 Å². The number of anilines is 2. The average Bonchev–Trinajstić information content (AvgIpc) is 2.86. The highest BCUT2D eigenvalue weighted by Crippen LogP contribution is 2.25. The van der Waals surface area contributed by atoms with Gasteiger partial charge in [-0.15, -0.1) is 0 Å². The minimum Gasteiger partial charge on any atom is -0.367 e. The Morgan fingerprint density at radius 3 is 2.19 bits per heavy atom. The summed E-state index contributed by atoms with van der Waals surface area (Å²) in [6.45, 7) is 13.8. The highest BCUT2D eigenvalue weighted by molar-refractivity contribution is 5.96. The summed E-state index contributed by atoms with van der Waals surface area (Å²) in [6, 6.07) is 9.35. The number of nitrogens with zero attached hydrogens (tertiary/aromatic N) is 3. The van der Waals surface area contributed by atoms with Gasteiger partial charge in [0, 0.05) is 57.0 Å². The molecule has 0 aromatic heterocycles. The Morgan fingerprint density at radius 2 is 1.62 bits per heavy atom. The van der Waals surface area contributed by atoms with E-state index in [1.54, 1.807) is 19.9 Å². The maximum absolute atomic E-state index is 14.1. The zero-order valence-corrected chi connectivity index (χ0v) is 22.4. The minimum atomic E-state index is -0.559. The number of rotatable bonds is 10. The lowest BCUT2D eigenvalue weighted by Crippen LogP contribution is -2.47. The molecule has 0 radical (unpaired) electrons. The summed E-state index contributed by atoms with van der Waals surface area (Å²) in [6.07, 6.45) is 3.57. The third-order valence-electron chi connectivity index (χ3n) is 6.41. The van der Waals surface area contributed by atoms with Crippen LogP contribution in [0.1, 0.15) is 77.2 Å². The molecular formula is C30H45F2N3O2. The van der Waals surface area contributed by atoms with Crippen molar-refractivity contribution >= 4 is 23.1 Å². The lowest BCUT2D eigenvalue weighted by Gasteiger charge is -2.36. The number of benzene rings is 2. The van der Waals surface area contributed by atoms with Gasteiger partial charge >= 0.3 is 0 Å². The van der Waals surface area contributed by atoms with Crippen LogP contribution in [-0.4, -0.2) is 55.9 Å². The molecule has 0 aliphatic carbocycles. The summed E-state index contributed by atoms with van der Waals surface area (Å²) in [7, 11) is 0. The number of unbranched alkanes of at least 4 members (excludes halogenated alkanes) is 1. The van der Waals surface area contributed by atoms with Crippen LogP contribution in [0.5, 0.6) is 0 Å². The highest BCUT2D eigenvalue weighted by Gasteiger charge is 2.20. The second-order valence-corrected chi connectivity index (χ2v) is 8.95. The Kier molecular flexibility index (Phi) is 14.0.